The highest BCUT2D eigenvalue weighted by molar-refractivity contribution is 7.91. The topological polar surface area (TPSA) is 92.3 Å². The number of benzene rings is 2. The summed E-state index contributed by atoms with van der Waals surface area (Å²) in [5, 5.41) is 5.70. The number of nitrogens with one attached hydrogen (secondary N) is 2. The lowest BCUT2D eigenvalue weighted by atomic mass is 9.89. The Morgan fingerprint density at radius 2 is 1.17 bits per heavy atom. The maximum absolute atomic E-state index is 12.5. The normalized spacial score (nSPS) is 20.2. The number of rotatable bonds is 6. The van der Waals surface area contributed by atoms with Gasteiger partial charge in [0.1, 0.15) is 0 Å². The highest BCUT2D eigenvalue weighted by Gasteiger charge is 2.39. The lowest BCUT2D eigenvalue weighted by molar-refractivity contribution is -0.119. The van der Waals surface area contributed by atoms with E-state index in [1.807, 2.05) is 62.4 Å². The van der Waals surface area contributed by atoms with Crippen LogP contribution in [0.15, 0.2) is 48.5 Å². The second kappa shape index (κ2) is 8.78. The summed E-state index contributed by atoms with van der Waals surface area (Å²) in [6.45, 7) is 3.79. The third-order valence-corrected chi connectivity index (χ3v) is 7.21. The Labute approximate surface area is 171 Å². The molecule has 1 saturated heterocycles. The van der Waals surface area contributed by atoms with E-state index in [1.54, 1.807) is 0 Å². The van der Waals surface area contributed by atoms with Crippen LogP contribution in [0.1, 0.15) is 24.0 Å². The number of hydrogen-bond acceptors (Lipinski definition) is 4. The van der Waals surface area contributed by atoms with Gasteiger partial charge < -0.3 is 10.6 Å². The first-order valence-electron chi connectivity index (χ1n) is 9.65. The van der Waals surface area contributed by atoms with E-state index >= 15 is 0 Å². The number of hydrogen-bond donors (Lipinski definition) is 2. The average Bonchev–Trinajstić information content (AvgIpc) is 2.92. The molecule has 2 aromatic rings. The fourth-order valence-electron chi connectivity index (χ4n) is 3.75. The molecule has 29 heavy (non-hydrogen) atoms. The number of carbonyl (C=O) groups is 2. The van der Waals surface area contributed by atoms with Gasteiger partial charge in [-0.3, -0.25) is 9.59 Å². The van der Waals surface area contributed by atoms with Crippen molar-refractivity contribution in [2.45, 2.75) is 26.7 Å². The zero-order chi connectivity index (χ0) is 21.0. The molecule has 1 aliphatic rings. The molecule has 2 amide bonds. The second-order valence-electron chi connectivity index (χ2n) is 7.73. The van der Waals surface area contributed by atoms with E-state index in [1.165, 1.54) is 0 Å². The van der Waals surface area contributed by atoms with Gasteiger partial charge in [0.25, 0.3) is 0 Å². The molecule has 0 spiro atoms. The summed E-state index contributed by atoms with van der Waals surface area (Å²) in [5.74, 6) is -1.32. The van der Waals surface area contributed by atoms with Crippen LogP contribution in [0, 0.1) is 25.7 Å². The van der Waals surface area contributed by atoms with Crippen molar-refractivity contribution in [2.24, 2.45) is 11.8 Å². The fraction of sp³-hybridized carbons (Fsp3) is 0.364. The molecule has 6 nitrogen and oxygen atoms in total. The summed E-state index contributed by atoms with van der Waals surface area (Å²) >= 11 is 0. The van der Waals surface area contributed by atoms with Gasteiger partial charge in [-0.1, -0.05) is 36.4 Å². The van der Waals surface area contributed by atoms with Gasteiger partial charge in [-0.05, 0) is 48.9 Å². The van der Waals surface area contributed by atoms with Crippen LogP contribution in [0.3, 0.4) is 0 Å². The van der Waals surface area contributed by atoms with E-state index in [0.29, 0.717) is 11.4 Å². The standard InChI is InChI=1S/C22H26N2O4S/c1-15-7-3-5-9-19(15)23-21(25)11-17-13-29(27,28)14-18(17)12-22(26)24-20-10-6-4-8-16(20)2/h3-10,17-18H,11-14H2,1-2H3,(H,23,25)(H,24,26). The Morgan fingerprint density at radius 3 is 1.55 bits per heavy atom. The third-order valence-electron chi connectivity index (χ3n) is 5.34. The van der Waals surface area contributed by atoms with E-state index in [9.17, 15) is 18.0 Å². The summed E-state index contributed by atoms with van der Waals surface area (Å²) in [6.07, 6.45) is 0.158. The Bertz CT molecular complexity index is 941. The van der Waals surface area contributed by atoms with Crippen molar-refractivity contribution in [2.75, 3.05) is 22.1 Å². The summed E-state index contributed by atoms with van der Waals surface area (Å²) in [5.41, 5.74) is 3.31. The molecule has 2 atom stereocenters. The minimum absolute atomic E-state index is 0.0590. The molecule has 0 radical (unpaired) electrons. The van der Waals surface area contributed by atoms with E-state index in [4.69, 9.17) is 0 Å². The predicted octanol–water partition coefficient (Wildman–Crippen LogP) is 3.32. The van der Waals surface area contributed by atoms with Crippen LogP contribution >= 0.6 is 0 Å². The zero-order valence-corrected chi connectivity index (χ0v) is 17.5. The molecular formula is C22H26N2O4S. The van der Waals surface area contributed by atoms with Gasteiger partial charge >= 0.3 is 0 Å². The molecule has 2 unspecified atom stereocenters. The van der Waals surface area contributed by atoms with E-state index in [0.717, 1.165) is 11.1 Å². The van der Waals surface area contributed by atoms with Gasteiger partial charge in [-0.2, -0.15) is 0 Å². The molecule has 0 saturated carbocycles. The van der Waals surface area contributed by atoms with Gasteiger partial charge in [0.05, 0.1) is 11.5 Å². The van der Waals surface area contributed by atoms with Crippen LogP contribution in [0.5, 0.6) is 0 Å². The monoisotopic (exact) mass is 414 g/mol. The third kappa shape index (κ3) is 5.67. The van der Waals surface area contributed by atoms with Gasteiger partial charge in [-0.25, -0.2) is 8.42 Å². The van der Waals surface area contributed by atoms with Crippen molar-refractivity contribution in [3.8, 4) is 0 Å². The van der Waals surface area contributed by atoms with Crippen LogP contribution in [-0.4, -0.2) is 31.7 Å². The zero-order valence-electron chi connectivity index (χ0n) is 16.6. The maximum atomic E-state index is 12.5. The first kappa shape index (κ1) is 21.0. The number of anilines is 2. The van der Waals surface area contributed by atoms with Crippen molar-refractivity contribution in [3.63, 3.8) is 0 Å². The van der Waals surface area contributed by atoms with E-state index in [2.05, 4.69) is 10.6 Å². The molecule has 7 heteroatoms. The number of aryl methyl sites for hydroxylation is 2. The van der Waals surface area contributed by atoms with Crippen LogP contribution in [0.25, 0.3) is 0 Å². The molecule has 0 aliphatic carbocycles. The van der Waals surface area contributed by atoms with Crippen molar-refractivity contribution < 1.29 is 18.0 Å². The minimum atomic E-state index is -3.26. The summed E-state index contributed by atoms with van der Waals surface area (Å²) in [7, 11) is -3.26. The quantitative estimate of drug-likeness (QED) is 0.758. The van der Waals surface area contributed by atoms with Crippen LogP contribution < -0.4 is 10.6 Å². The highest BCUT2D eigenvalue weighted by atomic mass is 32.2. The average molecular weight is 415 g/mol. The van der Waals surface area contributed by atoms with Gasteiger partial charge in [-0.15, -0.1) is 0 Å². The Morgan fingerprint density at radius 1 is 0.793 bits per heavy atom. The summed E-state index contributed by atoms with van der Waals surface area (Å²) < 4.78 is 24.4. The predicted molar refractivity (Wildman–Crippen MR) is 114 cm³/mol. The van der Waals surface area contributed by atoms with Crippen LogP contribution in [0.2, 0.25) is 0 Å². The molecule has 154 valence electrons. The molecule has 1 heterocycles. The summed E-state index contributed by atoms with van der Waals surface area (Å²) in [6, 6.07) is 14.9. The molecule has 2 N–H and O–H groups in total. The molecule has 1 fully saturated rings. The van der Waals surface area contributed by atoms with E-state index in [-0.39, 0.29) is 48.0 Å². The first-order valence-corrected chi connectivity index (χ1v) is 11.5. The lowest BCUT2D eigenvalue weighted by Crippen LogP contribution is -2.25. The lowest BCUT2D eigenvalue weighted by Gasteiger charge is -2.18. The van der Waals surface area contributed by atoms with Crippen LogP contribution in [-0.2, 0) is 19.4 Å². The van der Waals surface area contributed by atoms with Crippen molar-refractivity contribution >= 4 is 33.0 Å². The second-order valence-corrected chi connectivity index (χ2v) is 9.89. The van der Waals surface area contributed by atoms with E-state index < -0.39 is 9.84 Å². The smallest absolute Gasteiger partial charge is 0.224 e. The Balaban J connectivity index is 1.64. The number of carbonyl (C=O) groups excluding carboxylic acids is 2. The van der Waals surface area contributed by atoms with Gasteiger partial charge in [0.2, 0.25) is 11.8 Å². The van der Waals surface area contributed by atoms with Crippen molar-refractivity contribution in [1.29, 1.82) is 0 Å². The molecule has 3 rings (SSSR count). The van der Waals surface area contributed by atoms with Crippen molar-refractivity contribution in [3.05, 3.63) is 59.7 Å². The molecule has 1 aliphatic heterocycles. The SMILES string of the molecule is Cc1ccccc1NC(=O)CC1CS(=O)(=O)CC1CC(=O)Nc1ccccc1C. The maximum Gasteiger partial charge on any atom is 0.224 e. The largest absolute Gasteiger partial charge is 0.326 e. The molecule has 2 aromatic carbocycles. The Kier molecular flexibility index (Phi) is 6.37. The van der Waals surface area contributed by atoms with Crippen molar-refractivity contribution in [1.82, 2.24) is 0 Å². The fourth-order valence-corrected chi connectivity index (χ4v) is 5.97. The number of sulfone groups is 1. The highest BCUT2D eigenvalue weighted by Crippen LogP contribution is 2.32. The number of para-hydroxylation sites is 2. The molecular weight excluding hydrogens is 388 g/mol. The summed E-state index contributed by atoms with van der Waals surface area (Å²) in [4.78, 5) is 25.0. The first-order chi connectivity index (χ1) is 13.7. The Hall–Kier alpha value is -2.67. The van der Waals surface area contributed by atoms with Crippen LogP contribution in [0.4, 0.5) is 11.4 Å². The van der Waals surface area contributed by atoms with Gasteiger partial charge in [0, 0.05) is 24.2 Å². The number of amides is 2. The minimum Gasteiger partial charge on any atom is -0.326 e. The molecule has 0 aromatic heterocycles. The van der Waals surface area contributed by atoms with Gasteiger partial charge in [0.15, 0.2) is 9.84 Å². The molecule has 0 bridgehead atoms.